The molecular formula is C20H15N5O. The maximum atomic E-state index is 12.2. The van der Waals surface area contributed by atoms with Crippen molar-refractivity contribution in [3.05, 3.63) is 58.8 Å². The lowest BCUT2D eigenvalue weighted by Crippen LogP contribution is -2.29. The molecule has 0 aromatic heterocycles. The first-order valence-electron chi connectivity index (χ1n) is 8.44. The molecule has 1 amide bonds. The Labute approximate surface area is 150 Å². The third-order valence-electron chi connectivity index (χ3n) is 4.53. The van der Waals surface area contributed by atoms with Gasteiger partial charge < -0.3 is 5.32 Å². The SMILES string of the molecule is O=C1NC(Nc2ccc3c(c2)CC=N3)=N/C1=C\c1ccc2c(c1)N=CC2. The summed E-state index contributed by atoms with van der Waals surface area (Å²) in [5.74, 6) is 0.209. The number of anilines is 1. The second-order valence-corrected chi connectivity index (χ2v) is 6.33. The molecular weight excluding hydrogens is 326 g/mol. The molecule has 2 aromatic carbocycles. The van der Waals surface area contributed by atoms with E-state index >= 15 is 0 Å². The Morgan fingerprint density at radius 1 is 0.962 bits per heavy atom. The van der Waals surface area contributed by atoms with Gasteiger partial charge in [-0.1, -0.05) is 12.1 Å². The molecule has 0 unspecified atom stereocenters. The van der Waals surface area contributed by atoms with Gasteiger partial charge in [-0.2, -0.15) is 0 Å². The van der Waals surface area contributed by atoms with Crippen LogP contribution in [0.1, 0.15) is 16.7 Å². The van der Waals surface area contributed by atoms with Crippen LogP contribution in [0.3, 0.4) is 0 Å². The van der Waals surface area contributed by atoms with E-state index < -0.39 is 0 Å². The van der Waals surface area contributed by atoms with E-state index in [1.807, 2.05) is 48.8 Å². The molecule has 126 valence electrons. The molecule has 0 saturated heterocycles. The van der Waals surface area contributed by atoms with Gasteiger partial charge in [0.05, 0.1) is 11.4 Å². The molecule has 0 spiro atoms. The predicted octanol–water partition coefficient (Wildman–Crippen LogP) is 3.14. The summed E-state index contributed by atoms with van der Waals surface area (Å²) >= 11 is 0. The highest BCUT2D eigenvalue weighted by atomic mass is 16.2. The minimum atomic E-state index is -0.221. The third kappa shape index (κ3) is 2.61. The van der Waals surface area contributed by atoms with Gasteiger partial charge in [0, 0.05) is 31.0 Å². The zero-order valence-corrected chi connectivity index (χ0v) is 13.9. The van der Waals surface area contributed by atoms with Crippen LogP contribution in [0.4, 0.5) is 17.1 Å². The molecule has 0 atom stereocenters. The van der Waals surface area contributed by atoms with Gasteiger partial charge in [-0.15, -0.1) is 0 Å². The Balaban J connectivity index is 1.38. The second kappa shape index (κ2) is 5.77. The van der Waals surface area contributed by atoms with Crippen molar-refractivity contribution >= 4 is 47.4 Å². The van der Waals surface area contributed by atoms with E-state index in [2.05, 4.69) is 25.6 Å². The van der Waals surface area contributed by atoms with Gasteiger partial charge in [-0.3, -0.25) is 20.1 Å². The number of carbonyl (C=O) groups excluding carboxylic acids is 1. The molecule has 6 heteroatoms. The van der Waals surface area contributed by atoms with Gasteiger partial charge in [0.2, 0.25) is 5.96 Å². The van der Waals surface area contributed by atoms with Crippen molar-refractivity contribution in [2.75, 3.05) is 5.32 Å². The van der Waals surface area contributed by atoms with Gasteiger partial charge >= 0.3 is 0 Å². The van der Waals surface area contributed by atoms with E-state index in [9.17, 15) is 4.79 Å². The molecule has 26 heavy (non-hydrogen) atoms. The van der Waals surface area contributed by atoms with Gasteiger partial charge in [-0.05, 0) is 47.0 Å². The van der Waals surface area contributed by atoms with Crippen molar-refractivity contribution in [1.82, 2.24) is 5.32 Å². The number of fused-ring (bicyclic) bond motifs is 2. The number of amides is 1. The maximum Gasteiger partial charge on any atom is 0.276 e. The number of rotatable bonds is 2. The lowest BCUT2D eigenvalue weighted by Gasteiger charge is -2.06. The Morgan fingerprint density at radius 2 is 1.81 bits per heavy atom. The lowest BCUT2D eigenvalue weighted by atomic mass is 10.1. The van der Waals surface area contributed by atoms with Crippen LogP contribution in [0, 0.1) is 0 Å². The highest BCUT2D eigenvalue weighted by molar-refractivity contribution is 6.17. The first-order chi connectivity index (χ1) is 12.7. The molecule has 3 heterocycles. The quantitative estimate of drug-likeness (QED) is 0.823. The summed E-state index contributed by atoms with van der Waals surface area (Å²) in [6.45, 7) is 0. The van der Waals surface area contributed by atoms with Crippen molar-refractivity contribution in [2.24, 2.45) is 15.0 Å². The van der Waals surface area contributed by atoms with Crippen molar-refractivity contribution in [3.8, 4) is 0 Å². The van der Waals surface area contributed by atoms with Crippen molar-refractivity contribution in [2.45, 2.75) is 12.8 Å². The molecule has 2 N–H and O–H groups in total. The number of nitrogens with zero attached hydrogens (tertiary/aromatic N) is 3. The van der Waals surface area contributed by atoms with Gasteiger partial charge in [0.1, 0.15) is 5.70 Å². The number of guanidine groups is 1. The van der Waals surface area contributed by atoms with E-state index in [4.69, 9.17) is 0 Å². The van der Waals surface area contributed by atoms with E-state index in [0.717, 1.165) is 41.0 Å². The Bertz CT molecular complexity index is 1060. The molecule has 0 radical (unpaired) electrons. The maximum absolute atomic E-state index is 12.2. The van der Waals surface area contributed by atoms with Gasteiger partial charge in [-0.25, -0.2) is 4.99 Å². The molecule has 5 rings (SSSR count). The second-order valence-electron chi connectivity index (χ2n) is 6.33. The zero-order chi connectivity index (χ0) is 17.5. The molecule has 0 bridgehead atoms. The number of hydrogen-bond acceptors (Lipinski definition) is 5. The highest BCUT2D eigenvalue weighted by Gasteiger charge is 2.20. The summed E-state index contributed by atoms with van der Waals surface area (Å²) < 4.78 is 0. The average molecular weight is 341 g/mol. The first-order valence-corrected chi connectivity index (χ1v) is 8.44. The minimum absolute atomic E-state index is 0.221. The smallest absolute Gasteiger partial charge is 0.276 e. The number of aliphatic imine (C=N–C) groups is 3. The van der Waals surface area contributed by atoms with E-state index in [0.29, 0.717) is 11.7 Å². The molecule has 3 aliphatic heterocycles. The first kappa shape index (κ1) is 14.8. The van der Waals surface area contributed by atoms with Gasteiger partial charge in [0.25, 0.3) is 5.91 Å². The molecule has 2 aromatic rings. The topological polar surface area (TPSA) is 78.2 Å². The minimum Gasteiger partial charge on any atom is -0.326 e. The fourth-order valence-electron chi connectivity index (χ4n) is 3.22. The van der Waals surface area contributed by atoms with Crippen LogP contribution in [0.15, 0.2) is 57.1 Å². The number of nitrogens with one attached hydrogen (secondary N) is 2. The third-order valence-corrected chi connectivity index (χ3v) is 4.53. The van der Waals surface area contributed by atoms with Crippen molar-refractivity contribution in [3.63, 3.8) is 0 Å². The summed E-state index contributed by atoms with van der Waals surface area (Å²) in [6.07, 6.45) is 7.26. The highest BCUT2D eigenvalue weighted by Crippen LogP contribution is 2.28. The van der Waals surface area contributed by atoms with E-state index in [1.54, 1.807) is 6.08 Å². The molecule has 3 aliphatic rings. The Morgan fingerprint density at radius 3 is 2.73 bits per heavy atom. The Hall–Kier alpha value is -3.54. The van der Waals surface area contributed by atoms with Crippen LogP contribution in [0.25, 0.3) is 6.08 Å². The summed E-state index contributed by atoms with van der Waals surface area (Å²) in [6, 6.07) is 11.9. The van der Waals surface area contributed by atoms with Crippen LogP contribution in [-0.4, -0.2) is 24.3 Å². The molecule has 6 nitrogen and oxygen atoms in total. The normalized spacial score (nSPS) is 18.1. The van der Waals surface area contributed by atoms with E-state index in [-0.39, 0.29) is 5.91 Å². The molecule has 0 aliphatic carbocycles. The molecule has 0 fully saturated rings. The van der Waals surface area contributed by atoms with Crippen LogP contribution in [0.5, 0.6) is 0 Å². The standard InChI is InChI=1S/C20H15N5O/c26-19-18(10-12-1-2-13-5-7-22-17(13)9-12)24-20(25-19)23-15-3-4-16-14(11-15)6-8-21-16/h1-4,7-11H,5-6H2,(H2,23,24,25,26)/b18-10-. The average Bonchev–Trinajstić information content (AvgIpc) is 3.35. The van der Waals surface area contributed by atoms with Crippen LogP contribution in [0.2, 0.25) is 0 Å². The fraction of sp³-hybridized carbons (Fsp3) is 0.100. The Kier molecular flexibility index (Phi) is 3.28. The monoisotopic (exact) mass is 341 g/mol. The number of carbonyl (C=O) groups is 1. The molecule has 0 saturated carbocycles. The summed E-state index contributed by atoms with van der Waals surface area (Å²) in [5, 5.41) is 5.92. The van der Waals surface area contributed by atoms with Crippen LogP contribution >= 0.6 is 0 Å². The van der Waals surface area contributed by atoms with Crippen molar-refractivity contribution < 1.29 is 4.79 Å². The largest absolute Gasteiger partial charge is 0.326 e. The number of benzene rings is 2. The zero-order valence-electron chi connectivity index (χ0n) is 13.9. The number of hydrogen-bond donors (Lipinski definition) is 2. The summed E-state index contributed by atoms with van der Waals surface area (Å²) in [7, 11) is 0. The fourth-order valence-corrected chi connectivity index (χ4v) is 3.22. The lowest BCUT2D eigenvalue weighted by molar-refractivity contribution is -0.115. The van der Waals surface area contributed by atoms with Crippen LogP contribution in [-0.2, 0) is 17.6 Å². The predicted molar refractivity (Wildman–Crippen MR) is 104 cm³/mol. The van der Waals surface area contributed by atoms with E-state index in [1.165, 1.54) is 5.56 Å². The van der Waals surface area contributed by atoms with Crippen molar-refractivity contribution in [1.29, 1.82) is 0 Å². The summed E-state index contributed by atoms with van der Waals surface area (Å²) in [5.41, 5.74) is 6.48. The van der Waals surface area contributed by atoms with Crippen LogP contribution < -0.4 is 10.6 Å². The summed E-state index contributed by atoms with van der Waals surface area (Å²) in [4.78, 5) is 25.2. The van der Waals surface area contributed by atoms with Gasteiger partial charge in [0.15, 0.2) is 0 Å².